The highest BCUT2D eigenvalue weighted by Crippen LogP contribution is 2.32. The second-order valence-corrected chi connectivity index (χ2v) is 4.72. The molecule has 0 saturated heterocycles. The Kier molecular flexibility index (Phi) is 2.57. The van der Waals surface area contributed by atoms with Gasteiger partial charge in [-0.2, -0.15) is 0 Å². The second-order valence-electron chi connectivity index (χ2n) is 4.72. The molecule has 0 aromatic rings. The second kappa shape index (κ2) is 3.17. The van der Waals surface area contributed by atoms with Gasteiger partial charge in [0, 0.05) is 11.3 Å². The molecule has 1 saturated carbocycles. The minimum Gasteiger partial charge on any atom is -0.392 e. The summed E-state index contributed by atoms with van der Waals surface area (Å²) in [6.07, 6.45) is 2.29. The van der Waals surface area contributed by atoms with Gasteiger partial charge in [0.05, 0.1) is 6.10 Å². The van der Waals surface area contributed by atoms with Crippen molar-refractivity contribution in [2.75, 3.05) is 0 Å². The average Bonchev–Trinajstić information content (AvgIpc) is 2.31. The lowest BCUT2D eigenvalue weighted by molar-refractivity contribution is -0.133. The van der Waals surface area contributed by atoms with Crippen molar-refractivity contribution in [3.63, 3.8) is 0 Å². The summed E-state index contributed by atoms with van der Waals surface area (Å²) in [5.41, 5.74) is -0.296. The zero-order chi connectivity index (χ0) is 9.35. The minimum absolute atomic E-state index is 0.0926. The lowest BCUT2D eigenvalue weighted by Crippen LogP contribution is -2.32. The van der Waals surface area contributed by atoms with Crippen molar-refractivity contribution in [1.82, 2.24) is 0 Å². The minimum atomic E-state index is -0.378. The fourth-order valence-corrected chi connectivity index (χ4v) is 1.80. The van der Waals surface area contributed by atoms with Gasteiger partial charge in [-0.05, 0) is 12.8 Å². The molecule has 0 aromatic carbocycles. The maximum absolute atomic E-state index is 11.7. The van der Waals surface area contributed by atoms with E-state index in [-0.39, 0.29) is 23.2 Å². The molecule has 0 amide bonds. The first-order valence-corrected chi connectivity index (χ1v) is 4.65. The number of carbonyl (C=O) groups is 1. The van der Waals surface area contributed by atoms with Crippen LogP contribution in [-0.4, -0.2) is 17.0 Å². The molecule has 12 heavy (non-hydrogen) atoms. The van der Waals surface area contributed by atoms with Gasteiger partial charge in [0.2, 0.25) is 0 Å². The van der Waals surface area contributed by atoms with E-state index in [9.17, 15) is 9.90 Å². The predicted octanol–water partition coefficient (Wildman–Crippen LogP) is 1.76. The van der Waals surface area contributed by atoms with Crippen molar-refractivity contribution in [3.05, 3.63) is 0 Å². The lowest BCUT2D eigenvalue weighted by atomic mass is 9.81. The van der Waals surface area contributed by atoms with Crippen LogP contribution in [0.2, 0.25) is 0 Å². The van der Waals surface area contributed by atoms with E-state index in [1.54, 1.807) is 0 Å². The Morgan fingerprint density at radius 1 is 1.33 bits per heavy atom. The summed E-state index contributed by atoms with van der Waals surface area (Å²) in [5.74, 6) is 0.123. The molecule has 0 radical (unpaired) electrons. The van der Waals surface area contributed by atoms with Crippen LogP contribution in [0, 0.1) is 11.3 Å². The maximum Gasteiger partial charge on any atom is 0.143 e. The van der Waals surface area contributed by atoms with E-state index in [0.29, 0.717) is 0 Å². The number of hydrogen-bond donors (Lipinski definition) is 1. The van der Waals surface area contributed by atoms with Crippen molar-refractivity contribution in [2.24, 2.45) is 11.3 Å². The Hall–Kier alpha value is -0.370. The van der Waals surface area contributed by atoms with E-state index in [0.717, 1.165) is 19.3 Å². The molecule has 2 heteroatoms. The molecule has 1 aliphatic carbocycles. The fourth-order valence-electron chi connectivity index (χ4n) is 1.80. The fraction of sp³-hybridized carbons (Fsp3) is 0.900. The maximum atomic E-state index is 11.7. The molecular weight excluding hydrogens is 152 g/mol. The van der Waals surface area contributed by atoms with Crippen LogP contribution in [0.5, 0.6) is 0 Å². The third kappa shape index (κ3) is 1.86. The van der Waals surface area contributed by atoms with E-state index >= 15 is 0 Å². The van der Waals surface area contributed by atoms with Gasteiger partial charge in [0.25, 0.3) is 0 Å². The number of Topliss-reactive ketones (excluding diaryl/α,β-unsaturated/α-hetero) is 1. The van der Waals surface area contributed by atoms with Crippen molar-refractivity contribution in [3.8, 4) is 0 Å². The molecule has 1 fully saturated rings. The quantitative estimate of drug-likeness (QED) is 0.651. The van der Waals surface area contributed by atoms with Gasteiger partial charge >= 0.3 is 0 Å². The first kappa shape index (κ1) is 9.72. The number of rotatable bonds is 1. The van der Waals surface area contributed by atoms with Crippen molar-refractivity contribution >= 4 is 5.78 Å². The van der Waals surface area contributed by atoms with Gasteiger partial charge in [0.1, 0.15) is 5.78 Å². The molecule has 0 aliphatic heterocycles. The first-order valence-electron chi connectivity index (χ1n) is 4.65. The van der Waals surface area contributed by atoms with Gasteiger partial charge in [-0.25, -0.2) is 0 Å². The Labute approximate surface area is 74.0 Å². The summed E-state index contributed by atoms with van der Waals surface area (Å²) >= 11 is 0. The molecule has 1 N–H and O–H groups in total. The monoisotopic (exact) mass is 170 g/mol. The summed E-state index contributed by atoms with van der Waals surface area (Å²) in [7, 11) is 0. The number of hydrogen-bond acceptors (Lipinski definition) is 2. The Morgan fingerprint density at radius 2 is 1.92 bits per heavy atom. The smallest absolute Gasteiger partial charge is 0.143 e. The van der Waals surface area contributed by atoms with Crippen molar-refractivity contribution in [2.45, 2.75) is 46.1 Å². The van der Waals surface area contributed by atoms with E-state index in [1.807, 2.05) is 20.8 Å². The van der Waals surface area contributed by atoms with Crippen molar-refractivity contribution < 1.29 is 9.90 Å². The summed E-state index contributed by atoms with van der Waals surface area (Å²) in [6, 6.07) is 0. The van der Waals surface area contributed by atoms with E-state index in [2.05, 4.69) is 0 Å². The zero-order valence-electron chi connectivity index (χ0n) is 8.13. The molecular formula is C10H18O2. The summed E-state index contributed by atoms with van der Waals surface area (Å²) < 4.78 is 0. The van der Waals surface area contributed by atoms with Crippen molar-refractivity contribution in [1.29, 1.82) is 0 Å². The highest BCUT2D eigenvalue weighted by atomic mass is 16.3. The summed E-state index contributed by atoms with van der Waals surface area (Å²) in [4.78, 5) is 11.7. The highest BCUT2D eigenvalue weighted by molar-refractivity contribution is 5.86. The zero-order valence-corrected chi connectivity index (χ0v) is 8.13. The van der Waals surface area contributed by atoms with E-state index < -0.39 is 0 Å². The molecule has 0 unspecified atom stereocenters. The molecule has 0 heterocycles. The van der Waals surface area contributed by atoms with E-state index in [4.69, 9.17) is 0 Å². The average molecular weight is 170 g/mol. The van der Waals surface area contributed by atoms with Crippen LogP contribution < -0.4 is 0 Å². The summed E-state index contributed by atoms with van der Waals surface area (Å²) in [5, 5.41) is 9.50. The van der Waals surface area contributed by atoms with Gasteiger partial charge in [-0.15, -0.1) is 0 Å². The molecule has 0 aromatic heterocycles. The van der Waals surface area contributed by atoms with Crippen LogP contribution in [0.4, 0.5) is 0 Å². The van der Waals surface area contributed by atoms with Gasteiger partial charge in [0.15, 0.2) is 0 Å². The number of aliphatic hydroxyl groups excluding tert-OH is 1. The normalized spacial score (nSPS) is 30.7. The highest BCUT2D eigenvalue weighted by Gasteiger charge is 2.36. The Morgan fingerprint density at radius 3 is 2.25 bits per heavy atom. The largest absolute Gasteiger partial charge is 0.392 e. The number of ketones is 1. The van der Waals surface area contributed by atoms with Crippen LogP contribution >= 0.6 is 0 Å². The lowest BCUT2D eigenvalue weighted by Gasteiger charge is -2.23. The van der Waals surface area contributed by atoms with Crippen LogP contribution in [0.3, 0.4) is 0 Å². The molecule has 1 rings (SSSR count). The standard InChI is InChI=1S/C10H18O2/c1-10(2,3)9(12)7-5-4-6-8(7)11/h7-8,11H,4-6H2,1-3H3/t7-,8-/m1/s1. The number of aliphatic hydroxyl groups is 1. The molecule has 0 spiro atoms. The molecule has 70 valence electrons. The third-order valence-corrected chi connectivity index (χ3v) is 2.56. The Bertz CT molecular complexity index is 179. The van der Waals surface area contributed by atoms with Crippen LogP contribution in [0.25, 0.3) is 0 Å². The molecule has 1 aliphatic rings. The third-order valence-electron chi connectivity index (χ3n) is 2.56. The van der Waals surface area contributed by atoms with Gasteiger partial charge < -0.3 is 5.11 Å². The van der Waals surface area contributed by atoms with Gasteiger partial charge in [-0.1, -0.05) is 27.2 Å². The first-order chi connectivity index (χ1) is 5.43. The van der Waals surface area contributed by atoms with Crippen LogP contribution in [0.1, 0.15) is 40.0 Å². The van der Waals surface area contributed by atoms with Crippen LogP contribution in [-0.2, 0) is 4.79 Å². The van der Waals surface area contributed by atoms with E-state index in [1.165, 1.54) is 0 Å². The molecule has 2 nitrogen and oxygen atoms in total. The van der Waals surface area contributed by atoms with Crippen LogP contribution in [0.15, 0.2) is 0 Å². The topological polar surface area (TPSA) is 37.3 Å². The summed E-state index contributed by atoms with van der Waals surface area (Å²) in [6.45, 7) is 5.75. The van der Waals surface area contributed by atoms with Gasteiger partial charge in [-0.3, -0.25) is 4.79 Å². The number of carbonyl (C=O) groups excluding carboxylic acids is 1. The molecule has 2 atom stereocenters. The predicted molar refractivity (Wildman–Crippen MR) is 47.8 cm³/mol. The molecule has 0 bridgehead atoms. The Balaban J connectivity index is 2.64. The SMILES string of the molecule is CC(C)(C)C(=O)[C@@H]1CCC[C@H]1O.